The van der Waals surface area contributed by atoms with Crippen molar-refractivity contribution in [2.45, 2.75) is 26.2 Å². The molecule has 0 aliphatic heterocycles. The maximum atomic E-state index is 12.5. The first-order valence-corrected chi connectivity index (χ1v) is 12.0. The molecule has 0 fully saturated rings. The van der Waals surface area contributed by atoms with Crippen LogP contribution in [0.15, 0.2) is 58.4 Å². The maximum absolute atomic E-state index is 12.5. The van der Waals surface area contributed by atoms with Crippen molar-refractivity contribution >= 4 is 27.8 Å². The minimum atomic E-state index is -1.25. The summed E-state index contributed by atoms with van der Waals surface area (Å²) in [6, 6.07) is 10.7. The fraction of sp³-hybridized carbons (Fsp3) is 0.250. The van der Waals surface area contributed by atoms with E-state index in [0.29, 0.717) is 28.3 Å². The van der Waals surface area contributed by atoms with Crippen LogP contribution in [0.4, 0.5) is 5.82 Å². The lowest BCUT2D eigenvalue weighted by Crippen LogP contribution is -2.27. The minimum absolute atomic E-state index is 0.297. The summed E-state index contributed by atoms with van der Waals surface area (Å²) in [6.07, 6.45) is 4.51. The standard InChI is InChI=1S/C24H25N5O4S/c1-24(2,3)17-12-15(29-9-8-21(30)27-23(29)31)11-16(22(17)33-4)14-6-7-18-19(10-14)25-13-20(26-18)28-34(5)32/h6-13H,1-5H3,(H,26,28)(H,27,30,31). The number of methoxy groups -OCH3 is 1. The van der Waals surface area contributed by atoms with Crippen LogP contribution in [0.1, 0.15) is 26.3 Å². The summed E-state index contributed by atoms with van der Waals surface area (Å²) >= 11 is 0. The molecule has 10 heteroatoms. The Bertz CT molecular complexity index is 1540. The second kappa shape index (κ2) is 8.86. The van der Waals surface area contributed by atoms with Crippen LogP contribution in [0.25, 0.3) is 27.8 Å². The summed E-state index contributed by atoms with van der Waals surface area (Å²) in [4.78, 5) is 35.3. The third kappa shape index (κ3) is 4.62. The van der Waals surface area contributed by atoms with Crippen molar-refractivity contribution in [3.05, 3.63) is 75.2 Å². The second-order valence-electron chi connectivity index (χ2n) is 8.82. The number of benzene rings is 2. The molecule has 0 spiro atoms. The maximum Gasteiger partial charge on any atom is 0.332 e. The Kier molecular flexibility index (Phi) is 6.09. The van der Waals surface area contributed by atoms with Crippen LogP contribution in [0.3, 0.4) is 0 Å². The number of anilines is 1. The molecular weight excluding hydrogens is 454 g/mol. The van der Waals surface area contributed by atoms with Gasteiger partial charge in [-0.05, 0) is 35.2 Å². The zero-order valence-corrected chi connectivity index (χ0v) is 20.3. The molecule has 0 radical (unpaired) electrons. The van der Waals surface area contributed by atoms with Gasteiger partial charge in [-0.15, -0.1) is 0 Å². The van der Waals surface area contributed by atoms with Crippen LogP contribution in [0.2, 0.25) is 0 Å². The van der Waals surface area contributed by atoms with Gasteiger partial charge in [0.2, 0.25) is 0 Å². The molecule has 0 aliphatic carbocycles. The first-order valence-electron chi connectivity index (χ1n) is 10.5. The number of aromatic amines is 1. The molecule has 2 aromatic carbocycles. The van der Waals surface area contributed by atoms with E-state index >= 15 is 0 Å². The van der Waals surface area contributed by atoms with Gasteiger partial charge in [0, 0.05) is 29.6 Å². The molecule has 9 nitrogen and oxygen atoms in total. The zero-order valence-electron chi connectivity index (χ0n) is 19.5. The normalized spacial score (nSPS) is 12.5. The van der Waals surface area contributed by atoms with Crippen molar-refractivity contribution in [2.24, 2.45) is 0 Å². The average molecular weight is 480 g/mol. The lowest BCUT2D eigenvalue weighted by molar-refractivity contribution is 0.399. The highest BCUT2D eigenvalue weighted by molar-refractivity contribution is 7.85. The van der Waals surface area contributed by atoms with E-state index in [4.69, 9.17) is 4.74 Å². The number of aromatic nitrogens is 4. The van der Waals surface area contributed by atoms with Gasteiger partial charge in [0.1, 0.15) is 16.7 Å². The number of H-pyrrole nitrogens is 1. The molecule has 4 aromatic rings. The van der Waals surface area contributed by atoms with E-state index in [1.54, 1.807) is 7.11 Å². The van der Waals surface area contributed by atoms with Crippen LogP contribution in [0, 0.1) is 0 Å². The summed E-state index contributed by atoms with van der Waals surface area (Å²) in [5, 5.41) is 0. The van der Waals surface area contributed by atoms with Crippen molar-refractivity contribution in [1.29, 1.82) is 0 Å². The molecule has 0 amide bonds. The Balaban J connectivity index is 1.95. The van der Waals surface area contributed by atoms with Gasteiger partial charge in [-0.25, -0.2) is 14.0 Å². The van der Waals surface area contributed by atoms with Gasteiger partial charge < -0.3 is 4.74 Å². The summed E-state index contributed by atoms with van der Waals surface area (Å²) < 4.78 is 21.4. The molecule has 2 aromatic heterocycles. The molecule has 1 unspecified atom stereocenters. The Morgan fingerprint density at radius 2 is 1.85 bits per heavy atom. The van der Waals surface area contributed by atoms with Gasteiger partial charge in [-0.3, -0.25) is 24.1 Å². The highest BCUT2D eigenvalue weighted by atomic mass is 32.2. The quantitative estimate of drug-likeness (QED) is 0.454. The van der Waals surface area contributed by atoms with Crippen molar-refractivity contribution in [3.8, 4) is 22.6 Å². The molecule has 2 N–H and O–H groups in total. The Labute approximate surface area is 198 Å². The average Bonchev–Trinajstić information content (AvgIpc) is 2.77. The molecular formula is C24H25N5O4S. The van der Waals surface area contributed by atoms with Crippen molar-refractivity contribution in [2.75, 3.05) is 18.1 Å². The minimum Gasteiger partial charge on any atom is -0.496 e. The first-order chi connectivity index (χ1) is 16.1. The Morgan fingerprint density at radius 3 is 2.50 bits per heavy atom. The summed E-state index contributed by atoms with van der Waals surface area (Å²) in [5.41, 5.74) is 3.09. The number of rotatable bonds is 5. The van der Waals surface area contributed by atoms with E-state index in [-0.39, 0.29) is 5.41 Å². The Hall–Kier alpha value is -3.79. The van der Waals surface area contributed by atoms with Crippen LogP contribution in [-0.4, -0.2) is 37.1 Å². The largest absolute Gasteiger partial charge is 0.496 e. The van der Waals surface area contributed by atoms with Gasteiger partial charge in [0.25, 0.3) is 5.56 Å². The van der Waals surface area contributed by atoms with Gasteiger partial charge >= 0.3 is 5.69 Å². The topological polar surface area (TPSA) is 119 Å². The molecule has 176 valence electrons. The number of ether oxygens (including phenoxy) is 1. The second-order valence-corrected chi connectivity index (χ2v) is 9.93. The van der Waals surface area contributed by atoms with Crippen molar-refractivity contribution < 1.29 is 8.95 Å². The van der Waals surface area contributed by atoms with E-state index in [2.05, 4.69) is 40.4 Å². The molecule has 4 rings (SSSR count). The van der Waals surface area contributed by atoms with Crippen molar-refractivity contribution in [1.82, 2.24) is 19.5 Å². The number of nitrogens with zero attached hydrogens (tertiary/aromatic N) is 3. The van der Waals surface area contributed by atoms with Crippen molar-refractivity contribution in [3.63, 3.8) is 0 Å². The van der Waals surface area contributed by atoms with E-state index in [1.807, 2.05) is 30.3 Å². The van der Waals surface area contributed by atoms with Gasteiger partial charge in [0.05, 0.1) is 30.0 Å². The smallest absolute Gasteiger partial charge is 0.332 e. The summed E-state index contributed by atoms with van der Waals surface area (Å²) in [6.45, 7) is 6.18. The predicted octanol–water partition coefficient (Wildman–Crippen LogP) is 3.15. The number of hydrogen-bond acceptors (Lipinski definition) is 6. The highest BCUT2D eigenvalue weighted by Crippen LogP contribution is 2.41. The van der Waals surface area contributed by atoms with Crippen LogP contribution in [0.5, 0.6) is 5.75 Å². The van der Waals surface area contributed by atoms with E-state index < -0.39 is 22.2 Å². The van der Waals surface area contributed by atoms with E-state index in [1.165, 1.54) is 29.3 Å². The highest BCUT2D eigenvalue weighted by Gasteiger charge is 2.24. The number of hydrogen-bond donors (Lipinski definition) is 2. The molecule has 0 saturated heterocycles. The lowest BCUT2D eigenvalue weighted by Gasteiger charge is -2.25. The van der Waals surface area contributed by atoms with Crippen LogP contribution in [-0.2, 0) is 16.4 Å². The molecule has 0 bridgehead atoms. The third-order valence-corrected chi connectivity index (χ3v) is 5.79. The first kappa shape index (κ1) is 23.4. The van der Waals surface area contributed by atoms with Crippen LogP contribution < -0.4 is 20.7 Å². The number of fused-ring (bicyclic) bond motifs is 1. The summed E-state index contributed by atoms with van der Waals surface area (Å²) in [5.74, 6) is 1.11. The molecule has 0 aliphatic rings. The predicted molar refractivity (Wildman–Crippen MR) is 134 cm³/mol. The third-order valence-electron chi connectivity index (χ3n) is 5.29. The van der Waals surface area contributed by atoms with Gasteiger partial charge in [0.15, 0.2) is 5.82 Å². The van der Waals surface area contributed by atoms with E-state index in [0.717, 1.165) is 16.7 Å². The molecule has 34 heavy (non-hydrogen) atoms. The SMILES string of the molecule is COc1c(-c2ccc3nc(NS(C)=O)cnc3c2)cc(-n2ccc(=O)[nH]c2=O)cc1C(C)(C)C. The zero-order chi connectivity index (χ0) is 24.6. The molecule has 2 heterocycles. The molecule has 1 atom stereocenters. The van der Waals surface area contributed by atoms with Crippen LogP contribution >= 0.6 is 0 Å². The fourth-order valence-corrected chi connectivity index (χ4v) is 4.13. The fourth-order valence-electron chi connectivity index (χ4n) is 3.74. The monoisotopic (exact) mass is 479 g/mol. The van der Waals surface area contributed by atoms with E-state index in [9.17, 15) is 13.8 Å². The van der Waals surface area contributed by atoms with Gasteiger partial charge in [-0.2, -0.15) is 0 Å². The number of nitrogens with one attached hydrogen (secondary N) is 2. The summed E-state index contributed by atoms with van der Waals surface area (Å²) in [7, 11) is 0.362. The molecule has 0 saturated carbocycles. The van der Waals surface area contributed by atoms with Gasteiger partial charge in [-0.1, -0.05) is 26.8 Å². The Morgan fingerprint density at radius 1 is 1.09 bits per heavy atom. The lowest BCUT2D eigenvalue weighted by atomic mass is 9.83.